The van der Waals surface area contributed by atoms with E-state index in [0.717, 1.165) is 0 Å². The van der Waals surface area contributed by atoms with Gasteiger partial charge in [0.25, 0.3) is 5.91 Å². The normalized spacial score (nSPS) is 21.5. The molecular formula is C16H16F3N3O4. The SMILES string of the molecule is CC1CN(C(=O)c2cccc(-c3noc(=O)[nH]3)c2)CCC(C(F)(F)F)O1. The summed E-state index contributed by atoms with van der Waals surface area (Å²) >= 11 is 0. The molecule has 1 aliphatic rings. The third kappa shape index (κ3) is 3.96. The van der Waals surface area contributed by atoms with Crippen molar-refractivity contribution in [1.29, 1.82) is 0 Å². The van der Waals surface area contributed by atoms with Crippen molar-refractivity contribution in [3.8, 4) is 11.4 Å². The molecule has 0 saturated carbocycles. The van der Waals surface area contributed by atoms with E-state index in [1.807, 2.05) is 0 Å². The first-order chi connectivity index (χ1) is 12.2. The number of halogens is 3. The van der Waals surface area contributed by atoms with Crippen LogP contribution in [0.3, 0.4) is 0 Å². The fourth-order valence-electron chi connectivity index (χ4n) is 2.83. The van der Waals surface area contributed by atoms with Crippen LogP contribution in [0.1, 0.15) is 23.7 Å². The Kier molecular flexibility index (Phi) is 4.86. The van der Waals surface area contributed by atoms with Gasteiger partial charge >= 0.3 is 11.9 Å². The predicted molar refractivity (Wildman–Crippen MR) is 83.5 cm³/mol. The molecular weight excluding hydrogens is 355 g/mol. The zero-order valence-corrected chi connectivity index (χ0v) is 13.7. The standard InChI is InChI=1S/C16H16F3N3O4/c1-9-8-22(6-5-12(25-9)16(17,18)19)14(23)11-4-2-3-10(7-11)13-20-15(24)26-21-13/h2-4,7,9,12H,5-6,8H2,1H3,(H,20,21,24). The van der Waals surface area contributed by atoms with Gasteiger partial charge in [-0.1, -0.05) is 17.3 Å². The topological polar surface area (TPSA) is 88.4 Å². The quantitative estimate of drug-likeness (QED) is 0.874. The highest BCUT2D eigenvalue weighted by atomic mass is 19.4. The molecule has 10 heteroatoms. The molecule has 1 saturated heterocycles. The Hall–Kier alpha value is -2.62. The summed E-state index contributed by atoms with van der Waals surface area (Å²) in [5.41, 5.74) is 0.720. The zero-order chi connectivity index (χ0) is 18.9. The number of carbonyl (C=O) groups is 1. The summed E-state index contributed by atoms with van der Waals surface area (Å²) in [7, 11) is 0. The van der Waals surface area contributed by atoms with E-state index in [1.165, 1.54) is 17.9 Å². The first-order valence-electron chi connectivity index (χ1n) is 7.92. The van der Waals surface area contributed by atoms with Crippen LogP contribution in [0.25, 0.3) is 11.4 Å². The summed E-state index contributed by atoms with van der Waals surface area (Å²) in [5.74, 6) is -0.987. The maximum Gasteiger partial charge on any atom is 0.439 e. The number of carbonyl (C=O) groups excluding carboxylic acids is 1. The summed E-state index contributed by atoms with van der Waals surface area (Å²) < 4.78 is 48.2. The molecule has 1 aliphatic heterocycles. The van der Waals surface area contributed by atoms with Gasteiger partial charge in [0.05, 0.1) is 6.10 Å². The smallest absolute Gasteiger partial charge is 0.364 e. The zero-order valence-electron chi connectivity index (χ0n) is 13.7. The third-order valence-corrected chi connectivity index (χ3v) is 4.01. The number of alkyl halides is 3. The fraction of sp³-hybridized carbons (Fsp3) is 0.438. The predicted octanol–water partition coefficient (Wildman–Crippen LogP) is 2.21. The van der Waals surface area contributed by atoms with Crippen molar-refractivity contribution in [3.63, 3.8) is 0 Å². The van der Waals surface area contributed by atoms with Crippen LogP contribution < -0.4 is 5.76 Å². The van der Waals surface area contributed by atoms with Gasteiger partial charge in [0.1, 0.15) is 0 Å². The molecule has 0 spiro atoms. The third-order valence-electron chi connectivity index (χ3n) is 4.01. The molecule has 1 amide bonds. The molecule has 3 rings (SSSR count). The molecule has 0 radical (unpaired) electrons. The number of hydrogen-bond donors (Lipinski definition) is 1. The Morgan fingerprint density at radius 3 is 2.81 bits per heavy atom. The van der Waals surface area contributed by atoms with Crippen LogP contribution in [0.5, 0.6) is 0 Å². The molecule has 1 aromatic carbocycles. The van der Waals surface area contributed by atoms with Gasteiger partial charge in [-0.05, 0) is 19.1 Å². The molecule has 0 aliphatic carbocycles. The number of nitrogens with zero attached hydrogens (tertiary/aromatic N) is 2. The van der Waals surface area contributed by atoms with E-state index in [2.05, 4.69) is 14.7 Å². The van der Waals surface area contributed by atoms with Crippen molar-refractivity contribution in [2.24, 2.45) is 0 Å². The highest BCUT2D eigenvalue weighted by Gasteiger charge is 2.43. The van der Waals surface area contributed by atoms with E-state index in [4.69, 9.17) is 4.74 Å². The van der Waals surface area contributed by atoms with Crippen LogP contribution >= 0.6 is 0 Å². The van der Waals surface area contributed by atoms with Crippen LogP contribution in [0.15, 0.2) is 33.6 Å². The van der Waals surface area contributed by atoms with Gasteiger partial charge in [-0.15, -0.1) is 0 Å². The van der Waals surface area contributed by atoms with E-state index >= 15 is 0 Å². The van der Waals surface area contributed by atoms with Crippen LogP contribution in [0.4, 0.5) is 13.2 Å². The largest absolute Gasteiger partial charge is 0.439 e. The van der Waals surface area contributed by atoms with Gasteiger partial charge in [-0.25, -0.2) is 4.79 Å². The van der Waals surface area contributed by atoms with Crippen LogP contribution in [-0.4, -0.2) is 52.4 Å². The summed E-state index contributed by atoms with van der Waals surface area (Å²) in [6, 6.07) is 6.25. The Bertz CT molecular complexity index is 846. The number of ether oxygens (including phenoxy) is 1. The number of aromatic amines is 1. The highest BCUT2D eigenvalue weighted by molar-refractivity contribution is 5.95. The maximum atomic E-state index is 12.9. The molecule has 2 heterocycles. The van der Waals surface area contributed by atoms with Gasteiger partial charge in [-0.2, -0.15) is 13.2 Å². The molecule has 140 valence electrons. The van der Waals surface area contributed by atoms with Gasteiger partial charge in [0, 0.05) is 30.6 Å². The molecule has 2 atom stereocenters. The van der Waals surface area contributed by atoms with Gasteiger partial charge in [-0.3, -0.25) is 14.3 Å². The Morgan fingerprint density at radius 1 is 1.38 bits per heavy atom. The average Bonchev–Trinajstić information content (AvgIpc) is 2.91. The maximum absolute atomic E-state index is 12.9. The lowest BCUT2D eigenvalue weighted by Crippen LogP contribution is -2.35. The summed E-state index contributed by atoms with van der Waals surface area (Å²) in [6.45, 7) is 1.48. The van der Waals surface area contributed by atoms with Crippen LogP contribution in [0.2, 0.25) is 0 Å². The molecule has 2 aromatic rings. The number of amides is 1. The fourth-order valence-corrected chi connectivity index (χ4v) is 2.83. The lowest BCUT2D eigenvalue weighted by Gasteiger charge is -2.22. The lowest BCUT2D eigenvalue weighted by atomic mass is 10.1. The van der Waals surface area contributed by atoms with E-state index in [9.17, 15) is 22.8 Å². The van der Waals surface area contributed by atoms with Gasteiger partial charge < -0.3 is 9.64 Å². The number of rotatable bonds is 2. The van der Waals surface area contributed by atoms with Crippen molar-refractivity contribution >= 4 is 5.91 Å². The van der Waals surface area contributed by atoms with Crippen molar-refractivity contribution in [1.82, 2.24) is 15.0 Å². The van der Waals surface area contributed by atoms with E-state index in [1.54, 1.807) is 18.2 Å². The average molecular weight is 371 g/mol. The number of H-pyrrole nitrogens is 1. The molecule has 1 aromatic heterocycles. The number of nitrogens with one attached hydrogen (secondary N) is 1. The Balaban J connectivity index is 1.80. The van der Waals surface area contributed by atoms with Crippen LogP contribution in [-0.2, 0) is 4.74 Å². The molecule has 7 nitrogen and oxygen atoms in total. The molecule has 1 fully saturated rings. The second-order valence-electron chi connectivity index (χ2n) is 6.04. The molecule has 26 heavy (non-hydrogen) atoms. The molecule has 0 bridgehead atoms. The second kappa shape index (κ2) is 6.94. The lowest BCUT2D eigenvalue weighted by molar-refractivity contribution is -0.228. The van der Waals surface area contributed by atoms with E-state index in [-0.39, 0.29) is 30.9 Å². The first-order valence-corrected chi connectivity index (χ1v) is 7.92. The summed E-state index contributed by atoms with van der Waals surface area (Å²) in [6.07, 6.45) is -7.42. The number of hydrogen-bond acceptors (Lipinski definition) is 5. The van der Waals surface area contributed by atoms with Gasteiger partial charge in [0.15, 0.2) is 11.9 Å². The van der Waals surface area contributed by atoms with Crippen LogP contribution in [0, 0.1) is 0 Å². The van der Waals surface area contributed by atoms with E-state index < -0.39 is 30.0 Å². The van der Waals surface area contributed by atoms with Gasteiger partial charge in [0.2, 0.25) is 0 Å². The first kappa shape index (κ1) is 18.2. The number of aromatic nitrogens is 2. The number of benzene rings is 1. The Labute approximate surface area is 145 Å². The Morgan fingerprint density at radius 2 is 2.15 bits per heavy atom. The summed E-state index contributed by atoms with van der Waals surface area (Å²) in [5, 5.41) is 3.55. The summed E-state index contributed by atoms with van der Waals surface area (Å²) in [4.78, 5) is 27.5. The van der Waals surface area contributed by atoms with Crippen molar-refractivity contribution < 1.29 is 27.2 Å². The minimum Gasteiger partial charge on any atom is -0.364 e. The highest BCUT2D eigenvalue weighted by Crippen LogP contribution is 2.29. The minimum absolute atomic E-state index is 0.0520. The molecule has 1 N–H and O–H groups in total. The monoisotopic (exact) mass is 371 g/mol. The van der Waals surface area contributed by atoms with Crippen molar-refractivity contribution in [2.75, 3.05) is 13.1 Å². The van der Waals surface area contributed by atoms with E-state index in [0.29, 0.717) is 5.56 Å². The second-order valence-corrected chi connectivity index (χ2v) is 6.04. The minimum atomic E-state index is -4.47. The molecule has 2 unspecified atom stereocenters. The van der Waals surface area contributed by atoms with Crippen molar-refractivity contribution in [2.45, 2.75) is 31.7 Å². The van der Waals surface area contributed by atoms with Crippen molar-refractivity contribution in [3.05, 3.63) is 40.4 Å².